The van der Waals surface area contributed by atoms with Crippen LogP contribution in [0.1, 0.15) is 28.5 Å². The Morgan fingerprint density at radius 1 is 1.38 bits per heavy atom. The van der Waals surface area contributed by atoms with Crippen LogP contribution in [0.3, 0.4) is 0 Å². The van der Waals surface area contributed by atoms with E-state index in [0.29, 0.717) is 18.4 Å². The van der Waals surface area contributed by atoms with Crippen molar-refractivity contribution in [2.24, 2.45) is 7.05 Å². The van der Waals surface area contributed by atoms with Crippen molar-refractivity contribution in [2.75, 3.05) is 6.61 Å². The zero-order valence-corrected chi connectivity index (χ0v) is 12.4. The van der Waals surface area contributed by atoms with Crippen LogP contribution in [0, 0.1) is 0 Å². The summed E-state index contributed by atoms with van der Waals surface area (Å²) in [5.41, 5.74) is 2.43. The maximum atomic E-state index is 12.3. The summed E-state index contributed by atoms with van der Waals surface area (Å²) in [7, 11) is 1.80. The van der Waals surface area contributed by atoms with Crippen LogP contribution in [0.2, 0.25) is 0 Å². The minimum atomic E-state index is -0.301. The van der Waals surface area contributed by atoms with Crippen LogP contribution in [0.5, 0.6) is 0 Å². The first kappa shape index (κ1) is 15.3. The molecule has 0 unspecified atom stereocenters. The lowest BCUT2D eigenvalue weighted by molar-refractivity contribution is 0.0915. The molecule has 0 aliphatic rings. The van der Waals surface area contributed by atoms with Gasteiger partial charge in [-0.05, 0) is 18.4 Å². The number of carbonyl (C=O) groups is 1. The van der Waals surface area contributed by atoms with Gasteiger partial charge in [-0.3, -0.25) is 9.48 Å². The van der Waals surface area contributed by atoms with Crippen molar-refractivity contribution in [1.82, 2.24) is 15.1 Å². The number of aryl methyl sites for hydroxylation is 2. The van der Waals surface area contributed by atoms with E-state index >= 15 is 0 Å². The summed E-state index contributed by atoms with van der Waals surface area (Å²) in [5.74, 6) is -0.185. The lowest BCUT2D eigenvalue weighted by atomic mass is 10.1. The normalized spacial score (nSPS) is 12.1. The average Bonchev–Trinajstić information content (AvgIpc) is 2.88. The molecule has 2 N–H and O–H groups in total. The molecule has 0 bridgehead atoms. The first-order valence-electron chi connectivity index (χ1n) is 7.12. The molecule has 0 aliphatic heterocycles. The Morgan fingerprint density at radius 2 is 2.10 bits per heavy atom. The summed E-state index contributed by atoms with van der Waals surface area (Å²) in [4.78, 5) is 12.3. The van der Waals surface area contributed by atoms with Crippen LogP contribution >= 0.6 is 0 Å². The number of benzene rings is 1. The van der Waals surface area contributed by atoms with Gasteiger partial charge in [-0.25, -0.2) is 0 Å². The van der Waals surface area contributed by atoms with E-state index in [9.17, 15) is 9.90 Å². The number of aliphatic hydroxyl groups is 1. The maximum absolute atomic E-state index is 12.3. The van der Waals surface area contributed by atoms with Gasteiger partial charge in [-0.1, -0.05) is 37.3 Å². The van der Waals surface area contributed by atoms with E-state index < -0.39 is 0 Å². The number of aromatic nitrogens is 2. The quantitative estimate of drug-likeness (QED) is 0.842. The molecule has 2 rings (SSSR count). The van der Waals surface area contributed by atoms with Gasteiger partial charge in [0.25, 0.3) is 5.91 Å². The first-order valence-corrected chi connectivity index (χ1v) is 7.12. The molecular formula is C16H21N3O2. The first-order chi connectivity index (χ1) is 10.1. The fourth-order valence-corrected chi connectivity index (χ4v) is 2.31. The highest BCUT2D eigenvalue weighted by atomic mass is 16.3. The Kier molecular flexibility index (Phi) is 5.11. The molecule has 21 heavy (non-hydrogen) atoms. The fourth-order valence-electron chi connectivity index (χ4n) is 2.31. The van der Waals surface area contributed by atoms with Gasteiger partial charge in [0.2, 0.25) is 0 Å². The Balaban J connectivity index is 2.05. The van der Waals surface area contributed by atoms with Gasteiger partial charge in [0.15, 0.2) is 0 Å². The number of carbonyl (C=O) groups excluding carboxylic acids is 1. The van der Waals surface area contributed by atoms with Crippen LogP contribution < -0.4 is 5.32 Å². The lowest BCUT2D eigenvalue weighted by Crippen LogP contribution is -2.39. The summed E-state index contributed by atoms with van der Waals surface area (Å²) in [6, 6.07) is 9.50. The van der Waals surface area contributed by atoms with Gasteiger partial charge < -0.3 is 10.4 Å². The molecule has 0 spiro atoms. The minimum Gasteiger partial charge on any atom is -0.394 e. The number of nitrogens with zero attached hydrogens (tertiary/aromatic N) is 2. The second-order valence-electron chi connectivity index (χ2n) is 5.06. The van der Waals surface area contributed by atoms with Gasteiger partial charge in [0, 0.05) is 13.2 Å². The molecule has 1 aromatic heterocycles. The third-order valence-electron chi connectivity index (χ3n) is 3.37. The molecule has 0 saturated heterocycles. The van der Waals surface area contributed by atoms with Crippen LogP contribution in [0.25, 0.3) is 0 Å². The van der Waals surface area contributed by atoms with Gasteiger partial charge in [0.05, 0.1) is 23.9 Å². The molecule has 1 amide bonds. The largest absolute Gasteiger partial charge is 0.394 e. The molecule has 0 fully saturated rings. The predicted molar refractivity (Wildman–Crippen MR) is 81.1 cm³/mol. The van der Waals surface area contributed by atoms with Crippen molar-refractivity contribution < 1.29 is 9.90 Å². The number of amides is 1. The molecule has 0 aliphatic carbocycles. The highest BCUT2D eigenvalue weighted by Crippen LogP contribution is 2.09. The van der Waals surface area contributed by atoms with E-state index in [-0.39, 0.29) is 18.6 Å². The van der Waals surface area contributed by atoms with E-state index in [2.05, 4.69) is 10.4 Å². The standard InChI is InChI=1S/C16H21N3O2/c1-3-15-14(10-19(2)18-15)16(21)17-13(11-20)9-12-7-5-4-6-8-12/h4-8,10,13,20H,3,9,11H2,1-2H3,(H,17,21)/t13-/m0/s1. The second kappa shape index (κ2) is 7.04. The molecular weight excluding hydrogens is 266 g/mol. The average molecular weight is 287 g/mol. The molecule has 1 aromatic carbocycles. The van der Waals surface area contributed by atoms with Crippen LogP contribution in [0.15, 0.2) is 36.5 Å². The van der Waals surface area contributed by atoms with Crippen molar-refractivity contribution >= 4 is 5.91 Å². The third-order valence-corrected chi connectivity index (χ3v) is 3.37. The minimum absolute atomic E-state index is 0.0949. The van der Waals surface area contributed by atoms with Gasteiger partial charge >= 0.3 is 0 Å². The van der Waals surface area contributed by atoms with E-state index in [0.717, 1.165) is 11.3 Å². The molecule has 1 atom stereocenters. The topological polar surface area (TPSA) is 67.2 Å². The summed E-state index contributed by atoms with van der Waals surface area (Å²) in [6.45, 7) is 1.87. The summed E-state index contributed by atoms with van der Waals surface area (Å²) in [5, 5.41) is 16.6. The molecule has 1 heterocycles. The SMILES string of the molecule is CCc1nn(C)cc1C(=O)N[C@H](CO)Cc1ccccc1. The Labute approximate surface area is 124 Å². The van der Waals surface area contributed by atoms with Gasteiger partial charge in [-0.2, -0.15) is 5.10 Å². The van der Waals surface area contributed by atoms with Crippen molar-refractivity contribution in [3.63, 3.8) is 0 Å². The van der Waals surface area contributed by atoms with Gasteiger partial charge in [0.1, 0.15) is 0 Å². The molecule has 5 heteroatoms. The predicted octanol–water partition coefficient (Wildman–Crippen LogP) is 1.32. The van der Waals surface area contributed by atoms with E-state index in [1.807, 2.05) is 37.3 Å². The van der Waals surface area contributed by atoms with Crippen molar-refractivity contribution in [1.29, 1.82) is 0 Å². The second-order valence-corrected chi connectivity index (χ2v) is 5.06. The summed E-state index contributed by atoms with van der Waals surface area (Å²) in [6.07, 6.45) is 3.02. The molecule has 112 valence electrons. The number of aliphatic hydroxyl groups excluding tert-OH is 1. The molecule has 0 radical (unpaired) electrons. The Hall–Kier alpha value is -2.14. The van der Waals surface area contributed by atoms with E-state index in [1.165, 1.54) is 0 Å². The lowest BCUT2D eigenvalue weighted by Gasteiger charge is -2.16. The van der Waals surface area contributed by atoms with Crippen LogP contribution in [0.4, 0.5) is 0 Å². The smallest absolute Gasteiger partial charge is 0.255 e. The van der Waals surface area contributed by atoms with Crippen molar-refractivity contribution in [3.05, 3.63) is 53.3 Å². The van der Waals surface area contributed by atoms with Crippen LogP contribution in [-0.4, -0.2) is 33.4 Å². The maximum Gasteiger partial charge on any atom is 0.255 e. The fraction of sp³-hybridized carbons (Fsp3) is 0.375. The van der Waals surface area contributed by atoms with Crippen LogP contribution in [-0.2, 0) is 19.9 Å². The van der Waals surface area contributed by atoms with Crippen molar-refractivity contribution in [2.45, 2.75) is 25.8 Å². The van der Waals surface area contributed by atoms with Gasteiger partial charge in [-0.15, -0.1) is 0 Å². The third kappa shape index (κ3) is 3.92. The number of nitrogens with one attached hydrogen (secondary N) is 1. The Bertz CT molecular complexity index is 593. The van der Waals surface area contributed by atoms with E-state index in [1.54, 1.807) is 17.9 Å². The number of hydrogen-bond acceptors (Lipinski definition) is 3. The summed E-state index contributed by atoms with van der Waals surface area (Å²) >= 11 is 0. The monoisotopic (exact) mass is 287 g/mol. The number of hydrogen-bond donors (Lipinski definition) is 2. The summed E-state index contributed by atoms with van der Waals surface area (Å²) < 4.78 is 1.64. The highest BCUT2D eigenvalue weighted by molar-refractivity contribution is 5.95. The molecule has 0 saturated carbocycles. The number of rotatable bonds is 6. The van der Waals surface area contributed by atoms with Crippen molar-refractivity contribution in [3.8, 4) is 0 Å². The van der Waals surface area contributed by atoms with E-state index in [4.69, 9.17) is 0 Å². The highest BCUT2D eigenvalue weighted by Gasteiger charge is 2.18. The Morgan fingerprint density at radius 3 is 2.71 bits per heavy atom. The zero-order valence-electron chi connectivity index (χ0n) is 12.4. The zero-order chi connectivity index (χ0) is 15.2. The molecule has 5 nitrogen and oxygen atoms in total. The molecule has 2 aromatic rings.